The van der Waals surface area contributed by atoms with Gasteiger partial charge in [0.05, 0.1) is 0 Å². The van der Waals surface area contributed by atoms with Crippen LogP contribution in [0.3, 0.4) is 0 Å². The molecule has 0 bridgehead atoms. The van der Waals surface area contributed by atoms with E-state index in [4.69, 9.17) is 0 Å². The summed E-state index contributed by atoms with van der Waals surface area (Å²) < 4.78 is 0.744. The van der Waals surface area contributed by atoms with Crippen molar-refractivity contribution in [3.05, 3.63) is 28.5 Å². The van der Waals surface area contributed by atoms with E-state index in [0.29, 0.717) is 17.6 Å². The topological polar surface area (TPSA) is 33.2 Å². The van der Waals surface area contributed by atoms with Crippen LogP contribution < -0.4 is 0 Å². The summed E-state index contributed by atoms with van der Waals surface area (Å²) in [5, 5.41) is 0. The lowest BCUT2D eigenvalue weighted by molar-refractivity contribution is 0.112. The monoisotopic (exact) mass is 300 g/mol. The van der Waals surface area contributed by atoms with Crippen molar-refractivity contribution >= 4 is 22.2 Å². The first kappa shape index (κ1) is 16.3. The van der Waals surface area contributed by atoms with Crippen molar-refractivity contribution in [1.29, 1.82) is 0 Å². The van der Waals surface area contributed by atoms with E-state index in [2.05, 4.69) is 60.6 Å². The van der Waals surface area contributed by atoms with Crippen LogP contribution in [0.25, 0.3) is 0 Å². The van der Waals surface area contributed by atoms with Crippen LogP contribution >= 0.6 is 15.9 Å². The number of halogens is 1. The molecule has 0 unspecified atom stereocenters. The molecule has 0 saturated carbocycles. The molecule has 0 saturated heterocycles. The average Bonchev–Trinajstić information content (AvgIpc) is 2.29. The number of hydrogen-bond donors (Lipinski definition) is 0. The van der Waals surface area contributed by atoms with Gasteiger partial charge < -0.3 is 4.90 Å². The molecule has 96 valence electrons. The van der Waals surface area contributed by atoms with Gasteiger partial charge >= 0.3 is 0 Å². The highest BCUT2D eigenvalue weighted by Gasteiger charge is 2.04. The molecule has 0 aliphatic carbocycles. The predicted octanol–water partition coefficient (Wildman–Crippen LogP) is 3.39. The van der Waals surface area contributed by atoms with Crippen molar-refractivity contribution in [3.8, 4) is 0 Å². The largest absolute Gasteiger partial charge is 0.302 e. The Morgan fingerprint density at radius 3 is 2.00 bits per heavy atom. The Morgan fingerprint density at radius 1 is 1.24 bits per heavy atom. The highest BCUT2D eigenvalue weighted by molar-refractivity contribution is 9.10. The van der Waals surface area contributed by atoms with Gasteiger partial charge in [-0.25, -0.2) is 4.98 Å². The van der Waals surface area contributed by atoms with Crippen LogP contribution in [0, 0.1) is 0 Å². The summed E-state index contributed by atoms with van der Waals surface area (Å²) in [6.45, 7) is 8.83. The molecular formula is C13H21BrN2O. The Balaban J connectivity index is 0.000000304. The van der Waals surface area contributed by atoms with E-state index in [1.165, 1.54) is 6.20 Å². The third-order valence-corrected chi connectivity index (χ3v) is 2.98. The molecule has 0 aliphatic heterocycles. The summed E-state index contributed by atoms with van der Waals surface area (Å²) in [5.41, 5.74) is 0.596. The summed E-state index contributed by atoms with van der Waals surface area (Å²) in [7, 11) is 2.15. The van der Waals surface area contributed by atoms with Gasteiger partial charge in [-0.15, -0.1) is 0 Å². The Labute approximate surface area is 112 Å². The number of nitrogens with zero attached hydrogens (tertiary/aromatic N) is 2. The molecule has 0 fully saturated rings. The molecule has 0 aromatic carbocycles. The molecule has 0 atom stereocenters. The smallest absolute Gasteiger partial charge is 0.151 e. The Kier molecular flexibility index (Phi) is 8.00. The van der Waals surface area contributed by atoms with Crippen LogP contribution in [0.1, 0.15) is 38.1 Å². The van der Waals surface area contributed by atoms with Crippen molar-refractivity contribution < 1.29 is 4.79 Å². The standard InChI is InChI=1S/C7H17N.C6H4BrNO/c1-6(2)8(5)7(3)4;7-6-2-1-5(4-9)3-8-6/h6-7H,1-5H3;1-4H. The van der Waals surface area contributed by atoms with Crippen LogP contribution in [0.4, 0.5) is 0 Å². The molecule has 4 heteroatoms. The minimum atomic E-state index is 0.596. The molecule has 1 aromatic heterocycles. The molecule has 3 nitrogen and oxygen atoms in total. The van der Waals surface area contributed by atoms with E-state index in [9.17, 15) is 4.79 Å². The zero-order chi connectivity index (χ0) is 13.4. The summed E-state index contributed by atoms with van der Waals surface area (Å²) in [6, 6.07) is 4.78. The van der Waals surface area contributed by atoms with E-state index in [1.54, 1.807) is 12.1 Å². The van der Waals surface area contributed by atoms with Crippen LogP contribution in [-0.4, -0.2) is 35.3 Å². The summed E-state index contributed by atoms with van der Waals surface area (Å²) in [5.74, 6) is 0. The van der Waals surface area contributed by atoms with E-state index < -0.39 is 0 Å². The van der Waals surface area contributed by atoms with Crippen LogP contribution in [0.15, 0.2) is 22.9 Å². The first-order valence-corrected chi connectivity index (χ1v) is 6.46. The third-order valence-electron chi connectivity index (χ3n) is 2.52. The van der Waals surface area contributed by atoms with E-state index >= 15 is 0 Å². The molecule has 1 rings (SSSR count). The molecular weight excluding hydrogens is 280 g/mol. The molecule has 0 aliphatic rings. The average molecular weight is 301 g/mol. The van der Waals surface area contributed by atoms with Crippen LogP contribution in [0.5, 0.6) is 0 Å². The summed E-state index contributed by atoms with van der Waals surface area (Å²) in [4.78, 5) is 16.2. The second-order valence-corrected chi connectivity index (χ2v) is 5.20. The number of aromatic nitrogens is 1. The maximum Gasteiger partial charge on any atom is 0.151 e. The molecule has 0 radical (unpaired) electrons. The normalized spacial score (nSPS) is 10.4. The SMILES string of the molecule is CC(C)N(C)C(C)C.O=Cc1ccc(Br)nc1. The Bertz CT molecular complexity index is 315. The second-order valence-electron chi connectivity index (χ2n) is 4.39. The highest BCUT2D eigenvalue weighted by Crippen LogP contribution is 2.03. The molecule has 0 N–H and O–H groups in total. The van der Waals surface area contributed by atoms with Crippen molar-refractivity contribution in [3.63, 3.8) is 0 Å². The first-order valence-electron chi connectivity index (χ1n) is 5.67. The quantitative estimate of drug-likeness (QED) is 0.634. The summed E-state index contributed by atoms with van der Waals surface area (Å²) in [6.07, 6.45) is 2.27. The zero-order valence-electron chi connectivity index (χ0n) is 11.1. The Hall–Kier alpha value is -0.740. The van der Waals surface area contributed by atoms with E-state index in [1.807, 2.05) is 0 Å². The maximum atomic E-state index is 10.1. The summed E-state index contributed by atoms with van der Waals surface area (Å²) >= 11 is 3.15. The number of rotatable bonds is 3. The minimum absolute atomic E-state index is 0.596. The molecule has 17 heavy (non-hydrogen) atoms. The number of aldehydes is 1. The number of pyridine rings is 1. The van der Waals surface area contributed by atoms with Crippen molar-refractivity contribution in [2.75, 3.05) is 7.05 Å². The Morgan fingerprint density at radius 2 is 1.76 bits per heavy atom. The van der Waals surface area contributed by atoms with Crippen LogP contribution in [0.2, 0.25) is 0 Å². The van der Waals surface area contributed by atoms with E-state index in [0.717, 1.165) is 10.9 Å². The van der Waals surface area contributed by atoms with Gasteiger partial charge in [-0.1, -0.05) is 0 Å². The minimum Gasteiger partial charge on any atom is -0.302 e. The molecule has 0 amide bonds. The zero-order valence-corrected chi connectivity index (χ0v) is 12.7. The van der Waals surface area contributed by atoms with Crippen LogP contribution in [-0.2, 0) is 0 Å². The van der Waals surface area contributed by atoms with Gasteiger partial charge in [0.25, 0.3) is 0 Å². The van der Waals surface area contributed by atoms with Gasteiger partial charge in [0.2, 0.25) is 0 Å². The van der Waals surface area contributed by atoms with Gasteiger partial charge in [0.15, 0.2) is 6.29 Å². The number of carbonyl (C=O) groups excluding carboxylic acids is 1. The first-order chi connectivity index (χ1) is 7.88. The lowest BCUT2D eigenvalue weighted by Crippen LogP contribution is -2.32. The molecule has 0 spiro atoms. The maximum absolute atomic E-state index is 10.1. The molecule has 1 aromatic rings. The van der Waals surface area contributed by atoms with Gasteiger partial charge in [0.1, 0.15) is 4.60 Å². The van der Waals surface area contributed by atoms with Crippen molar-refractivity contribution in [1.82, 2.24) is 9.88 Å². The van der Waals surface area contributed by atoms with Gasteiger partial charge in [-0.3, -0.25) is 4.79 Å². The predicted molar refractivity (Wildman–Crippen MR) is 75.4 cm³/mol. The number of hydrogen-bond acceptors (Lipinski definition) is 3. The van der Waals surface area contributed by atoms with Gasteiger partial charge in [-0.2, -0.15) is 0 Å². The lowest BCUT2D eigenvalue weighted by atomic mass is 10.3. The second kappa shape index (κ2) is 8.37. The van der Waals surface area contributed by atoms with Gasteiger partial charge in [-0.05, 0) is 62.8 Å². The lowest BCUT2D eigenvalue weighted by Gasteiger charge is -2.24. The van der Waals surface area contributed by atoms with E-state index in [-0.39, 0.29) is 0 Å². The highest BCUT2D eigenvalue weighted by atomic mass is 79.9. The van der Waals surface area contributed by atoms with Crippen molar-refractivity contribution in [2.24, 2.45) is 0 Å². The fourth-order valence-electron chi connectivity index (χ4n) is 1.05. The fraction of sp³-hybridized carbons (Fsp3) is 0.538. The fourth-order valence-corrected chi connectivity index (χ4v) is 1.29. The van der Waals surface area contributed by atoms with Crippen molar-refractivity contribution in [2.45, 2.75) is 39.8 Å². The molecule has 1 heterocycles. The number of carbonyl (C=O) groups is 1. The third kappa shape index (κ3) is 7.23. The van der Waals surface area contributed by atoms with Gasteiger partial charge in [0, 0.05) is 23.8 Å².